The summed E-state index contributed by atoms with van der Waals surface area (Å²) in [6.45, 7) is 9.73. The largest absolute Gasteiger partial charge is 0.483 e. The first-order chi connectivity index (χ1) is 26.2. The van der Waals surface area contributed by atoms with Crippen molar-refractivity contribution in [3.8, 4) is 11.5 Å². The molecule has 0 unspecified atom stereocenters. The molecule has 0 heterocycles. The van der Waals surface area contributed by atoms with Crippen LogP contribution in [-0.2, 0) is 19.1 Å². The highest BCUT2D eigenvalue weighted by atomic mass is 32.1. The Morgan fingerprint density at radius 3 is 1.13 bits per heavy atom. The summed E-state index contributed by atoms with van der Waals surface area (Å²) in [5, 5.41) is 0.440. The third-order valence-corrected chi connectivity index (χ3v) is 14.6. The molecule has 0 N–H and O–H groups in total. The summed E-state index contributed by atoms with van der Waals surface area (Å²) >= 11 is 11.6. The van der Waals surface area contributed by atoms with Crippen LogP contribution in [0.1, 0.15) is 180 Å². The lowest BCUT2D eigenvalue weighted by molar-refractivity contribution is -0.141. The Kier molecular flexibility index (Phi) is 17.6. The number of hydrogen-bond donors (Lipinski definition) is 0. The van der Waals surface area contributed by atoms with Crippen LogP contribution < -0.4 is 9.47 Å². The Labute approximate surface area is 338 Å². The predicted octanol–water partition coefficient (Wildman–Crippen LogP) is 12.5. The van der Waals surface area contributed by atoms with E-state index in [1.807, 2.05) is 0 Å². The molecular weight excluding hydrogens is 713 g/mol. The van der Waals surface area contributed by atoms with Crippen LogP contribution in [0.15, 0.2) is 12.1 Å². The van der Waals surface area contributed by atoms with Gasteiger partial charge in [0, 0.05) is 0 Å². The summed E-state index contributed by atoms with van der Waals surface area (Å²) in [5.74, 6) is 4.54. The minimum Gasteiger partial charge on any atom is -0.483 e. The second-order valence-electron chi connectivity index (χ2n) is 17.3. The number of carbonyl (C=O) groups excluding carboxylic acids is 2. The van der Waals surface area contributed by atoms with E-state index in [0.29, 0.717) is 36.2 Å². The zero-order valence-electron chi connectivity index (χ0n) is 34.0. The van der Waals surface area contributed by atoms with Crippen molar-refractivity contribution in [2.24, 2.45) is 47.3 Å². The lowest BCUT2D eigenvalue weighted by Crippen LogP contribution is -2.31. The minimum absolute atomic E-state index is 0.166. The standard InChI is InChI=1S/C46H70O6S2/c1-5-9-27-49-45(53)39-29-42(52-44(48)38-25-21-36(22-26-38)34-17-13-32(8-4)14-18-34)40(46(54)50-28-10-6-2)30-41(39)51-43(47)37-23-19-35(20-24-37)33-15-11-31(7-3)12-16-33/h29-38H,5-28H2,1-4H3. The normalized spacial score (nSPS) is 28.8. The molecule has 1 aromatic rings. The molecule has 0 aromatic heterocycles. The molecule has 8 heteroatoms. The second kappa shape index (κ2) is 22.0. The Morgan fingerprint density at radius 1 is 0.519 bits per heavy atom. The van der Waals surface area contributed by atoms with Crippen molar-refractivity contribution in [3.63, 3.8) is 0 Å². The first kappa shape index (κ1) is 43.1. The summed E-state index contributed by atoms with van der Waals surface area (Å²) in [4.78, 5) is 27.7. The van der Waals surface area contributed by atoms with Crippen LogP contribution in [-0.4, -0.2) is 35.3 Å². The van der Waals surface area contributed by atoms with Crippen molar-refractivity contribution in [1.29, 1.82) is 0 Å². The van der Waals surface area contributed by atoms with Crippen molar-refractivity contribution in [1.82, 2.24) is 0 Å². The molecular formula is C46H70O6S2. The van der Waals surface area contributed by atoms with Crippen LogP contribution in [0.2, 0.25) is 0 Å². The molecule has 0 spiro atoms. The fourth-order valence-corrected chi connectivity index (χ4v) is 10.5. The number of hydrogen-bond acceptors (Lipinski definition) is 8. The maximum absolute atomic E-state index is 13.8. The third kappa shape index (κ3) is 12.0. The van der Waals surface area contributed by atoms with Gasteiger partial charge in [0.15, 0.2) is 10.1 Å². The van der Waals surface area contributed by atoms with E-state index in [1.54, 1.807) is 12.1 Å². The molecule has 0 bridgehead atoms. The van der Waals surface area contributed by atoms with E-state index in [9.17, 15) is 9.59 Å². The minimum atomic E-state index is -0.241. The van der Waals surface area contributed by atoms with Gasteiger partial charge in [0.25, 0.3) is 0 Å². The smallest absolute Gasteiger partial charge is 0.314 e. The zero-order valence-corrected chi connectivity index (χ0v) is 35.6. The Morgan fingerprint density at radius 2 is 0.833 bits per heavy atom. The Hall–Kier alpha value is -2.06. The van der Waals surface area contributed by atoms with Crippen LogP contribution >= 0.6 is 24.4 Å². The number of esters is 2. The van der Waals surface area contributed by atoms with Crippen LogP contribution in [0, 0.1) is 47.3 Å². The highest BCUT2D eigenvalue weighted by Gasteiger charge is 2.36. The second-order valence-corrected chi connectivity index (χ2v) is 18.0. The zero-order chi connectivity index (χ0) is 38.5. The molecule has 0 aliphatic heterocycles. The number of ether oxygens (including phenoxy) is 4. The Balaban J connectivity index is 1.30. The highest BCUT2D eigenvalue weighted by Crippen LogP contribution is 2.44. The summed E-state index contributed by atoms with van der Waals surface area (Å²) < 4.78 is 24.5. The first-order valence-electron chi connectivity index (χ1n) is 22.2. The molecule has 4 fully saturated rings. The molecule has 5 rings (SSSR count). The fraction of sp³-hybridized carbons (Fsp3) is 0.783. The van der Waals surface area contributed by atoms with E-state index in [1.165, 1.54) is 64.2 Å². The van der Waals surface area contributed by atoms with Crippen molar-refractivity contribution in [3.05, 3.63) is 23.3 Å². The number of carbonyl (C=O) groups is 2. The van der Waals surface area contributed by atoms with Gasteiger partial charge in [-0.15, -0.1) is 0 Å². The molecule has 1 aromatic carbocycles. The van der Waals surface area contributed by atoms with Gasteiger partial charge in [-0.1, -0.05) is 79.1 Å². The molecule has 4 aliphatic rings. The maximum Gasteiger partial charge on any atom is 0.314 e. The van der Waals surface area contributed by atoms with Crippen LogP contribution in [0.5, 0.6) is 11.5 Å². The number of benzene rings is 1. The van der Waals surface area contributed by atoms with Crippen LogP contribution in [0.3, 0.4) is 0 Å². The van der Waals surface area contributed by atoms with E-state index >= 15 is 0 Å². The molecule has 0 atom stereocenters. The van der Waals surface area contributed by atoms with Gasteiger partial charge < -0.3 is 18.9 Å². The van der Waals surface area contributed by atoms with Gasteiger partial charge in [-0.2, -0.15) is 0 Å². The summed E-state index contributed by atoms with van der Waals surface area (Å²) in [7, 11) is 0. The molecule has 4 aliphatic carbocycles. The van der Waals surface area contributed by atoms with Gasteiger partial charge in [0.1, 0.15) is 11.5 Å². The van der Waals surface area contributed by atoms with Gasteiger partial charge in [-0.05, 0) is 162 Å². The summed E-state index contributed by atoms with van der Waals surface area (Å²) in [6.07, 6.45) is 24.6. The molecule has 54 heavy (non-hydrogen) atoms. The monoisotopic (exact) mass is 782 g/mol. The topological polar surface area (TPSA) is 71.1 Å². The van der Waals surface area contributed by atoms with Crippen molar-refractivity contribution < 1.29 is 28.5 Å². The lowest BCUT2D eigenvalue weighted by atomic mass is 9.69. The lowest BCUT2D eigenvalue weighted by Gasteiger charge is -2.37. The van der Waals surface area contributed by atoms with Crippen molar-refractivity contribution >= 4 is 46.5 Å². The van der Waals surface area contributed by atoms with E-state index in [4.69, 9.17) is 43.4 Å². The average Bonchev–Trinajstić information content (AvgIpc) is 3.21. The van der Waals surface area contributed by atoms with Crippen molar-refractivity contribution in [2.45, 2.75) is 169 Å². The molecule has 0 saturated heterocycles. The third-order valence-electron chi connectivity index (χ3n) is 13.9. The number of unbranched alkanes of at least 4 members (excludes halogenated alkanes) is 2. The van der Waals surface area contributed by atoms with Gasteiger partial charge in [0.05, 0.1) is 36.2 Å². The predicted molar refractivity (Wildman–Crippen MR) is 225 cm³/mol. The summed E-state index contributed by atoms with van der Waals surface area (Å²) in [5.41, 5.74) is 0.871. The Bertz CT molecular complexity index is 1260. The van der Waals surface area contributed by atoms with Crippen LogP contribution in [0.25, 0.3) is 0 Å². The SMILES string of the molecule is CCCCOC(=S)c1cc(OC(=O)C2CCC(C3CCC(CC)CC3)CC2)c(C(=S)OCCCC)cc1OC(=O)C1CCC(C2CCC(CC)CC2)CC1. The van der Waals surface area contributed by atoms with Crippen molar-refractivity contribution in [2.75, 3.05) is 13.2 Å². The highest BCUT2D eigenvalue weighted by molar-refractivity contribution is 7.80. The number of thiocarbonyl (C=S) groups is 2. The first-order valence-corrected chi connectivity index (χ1v) is 23.0. The van der Waals surface area contributed by atoms with Gasteiger partial charge in [-0.3, -0.25) is 9.59 Å². The fourth-order valence-electron chi connectivity index (χ4n) is 9.99. The number of rotatable bonds is 16. The van der Waals surface area contributed by atoms with Crippen LogP contribution in [0.4, 0.5) is 0 Å². The van der Waals surface area contributed by atoms with E-state index in [0.717, 1.165) is 101 Å². The van der Waals surface area contributed by atoms with E-state index in [-0.39, 0.29) is 45.4 Å². The van der Waals surface area contributed by atoms with E-state index < -0.39 is 0 Å². The van der Waals surface area contributed by atoms with Gasteiger partial charge in [-0.25, -0.2) is 0 Å². The molecule has 0 radical (unpaired) electrons. The molecule has 0 amide bonds. The van der Waals surface area contributed by atoms with Gasteiger partial charge >= 0.3 is 11.9 Å². The molecule has 6 nitrogen and oxygen atoms in total. The van der Waals surface area contributed by atoms with Gasteiger partial charge in [0.2, 0.25) is 0 Å². The maximum atomic E-state index is 13.8. The molecule has 302 valence electrons. The molecule has 4 saturated carbocycles. The van der Waals surface area contributed by atoms with E-state index in [2.05, 4.69) is 27.7 Å². The summed E-state index contributed by atoms with van der Waals surface area (Å²) in [6, 6.07) is 3.39. The average molecular weight is 783 g/mol. The quantitative estimate of drug-likeness (QED) is 0.0710.